The fraction of sp³-hybridized carbons (Fsp3) is 0.333. The van der Waals surface area contributed by atoms with E-state index < -0.39 is 6.04 Å². The molecule has 2 aromatic heterocycles. The van der Waals surface area contributed by atoms with Crippen molar-refractivity contribution in [2.75, 3.05) is 20.8 Å². The number of carbonyl (C=O) groups is 1. The summed E-state index contributed by atoms with van der Waals surface area (Å²) in [6.07, 6.45) is 4.05. The van der Waals surface area contributed by atoms with Crippen LogP contribution < -0.4 is 15.0 Å². The standard InChI is InChI=1S/C21H23N5O4/c1-14(26-20(27)6-5-19(23-26)25-9-4-8-22-25)21(28)24-10-7-15-11-17(29-2)18(30-3)12-16(15)13-24/h4-6,8-9,11-12,14H,7,10,13H2,1-3H3. The average molecular weight is 409 g/mol. The summed E-state index contributed by atoms with van der Waals surface area (Å²) in [4.78, 5) is 27.3. The molecule has 1 amide bonds. The van der Waals surface area contributed by atoms with Gasteiger partial charge in [0.05, 0.1) is 14.2 Å². The number of carbonyl (C=O) groups excluding carboxylic acids is 1. The molecular formula is C21H23N5O4. The average Bonchev–Trinajstić information content (AvgIpc) is 3.32. The zero-order valence-corrected chi connectivity index (χ0v) is 17.1. The molecule has 3 heterocycles. The van der Waals surface area contributed by atoms with Gasteiger partial charge in [-0.2, -0.15) is 5.10 Å². The van der Waals surface area contributed by atoms with Crippen molar-refractivity contribution in [3.63, 3.8) is 0 Å². The van der Waals surface area contributed by atoms with E-state index >= 15 is 0 Å². The maximum atomic E-state index is 13.2. The van der Waals surface area contributed by atoms with Gasteiger partial charge in [-0.25, -0.2) is 9.36 Å². The number of amides is 1. The molecular weight excluding hydrogens is 386 g/mol. The molecule has 1 atom stereocenters. The number of fused-ring (bicyclic) bond motifs is 1. The van der Waals surface area contributed by atoms with Crippen molar-refractivity contribution in [1.29, 1.82) is 0 Å². The van der Waals surface area contributed by atoms with Crippen LogP contribution in [0.15, 0.2) is 47.5 Å². The minimum atomic E-state index is -0.741. The highest BCUT2D eigenvalue weighted by atomic mass is 16.5. The third kappa shape index (κ3) is 3.54. The Morgan fingerprint density at radius 2 is 1.87 bits per heavy atom. The van der Waals surface area contributed by atoms with E-state index in [4.69, 9.17) is 9.47 Å². The molecule has 0 radical (unpaired) electrons. The topological polar surface area (TPSA) is 91.5 Å². The van der Waals surface area contributed by atoms with Crippen LogP contribution in [0.25, 0.3) is 5.82 Å². The van der Waals surface area contributed by atoms with Gasteiger partial charge in [0.2, 0.25) is 5.91 Å². The van der Waals surface area contributed by atoms with Gasteiger partial charge in [0, 0.05) is 31.5 Å². The lowest BCUT2D eigenvalue weighted by Crippen LogP contribution is -2.42. The van der Waals surface area contributed by atoms with Crippen LogP contribution in [-0.2, 0) is 17.8 Å². The maximum Gasteiger partial charge on any atom is 0.267 e. The summed E-state index contributed by atoms with van der Waals surface area (Å²) < 4.78 is 13.5. The van der Waals surface area contributed by atoms with Crippen molar-refractivity contribution in [2.45, 2.75) is 25.9 Å². The second-order valence-corrected chi connectivity index (χ2v) is 7.09. The summed E-state index contributed by atoms with van der Waals surface area (Å²) in [5, 5.41) is 8.47. The Labute approximate surface area is 173 Å². The molecule has 1 aliphatic rings. The third-order valence-corrected chi connectivity index (χ3v) is 5.30. The fourth-order valence-corrected chi connectivity index (χ4v) is 3.66. The van der Waals surface area contributed by atoms with Gasteiger partial charge in [-0.1, -0.05) is 0 Å². The predicted octanol–water partition coefficient (Wildman–Crippen LogP) is 1.59. The van der Waals surface area contributed by atoms with E-state index in [9.17, 15) is 9.59 Å². The molecule has 30 heavy (non-hydrogen) atoms. The third-order valence-electron chi connectivity index (χ3n) is 5.30. The van der Waals surface area contributed by atoms with E-state index in [2.05, 4.69) is 10.2 Å². The van der Waals surface area contributed by atoms with Gasteiger partial charge in [0.15, 0.2) is 17.3 Å². The molecule has 0 aliphatic carbocycles. The molecule has 0 bridgehead atoms. The van der Waals surface area contributed by atoms with Gasteiger partial charge >= 0.3 is 0 Å². The number of hydrogen-bond acceptors (Lipinski definition) is 6. The molecule has 0 N–H and O–H groups in total. The van der Waals surface area contributed by atoms with Crippen LogP contribution in [-0.4, -0.2) is 51.1 Å². The molecule has 1 unspecified atom stereocenters. The SMILES string of the molecule is COc1cc2c(cc1OC)CN(C(=O)C(C)n1nc(-n3cccn3)ccc1=O)CC2. The Kier molecular flexibility index (Phi) is 5.26. The van der Waals surface area contributed by atoms with Crippen molar-refractivity contribution in [3.05, 3.63) is 64.2 Å². The lowest BCUT2D eigenvalue weighted by atomic mass is 9.98. The second-order valence-electron chi connectivity index (χ2n) is 7.09. The van der Waals surface area contributed by atoms with Gasteiger partial charge in [-0.3, -0.25) is 9.59 Å². The minimum absolute atomic E-state index is 0.164. The summed E-state index contributed by atoms with van der Waals surface area (Å²) in [7, 11) is 3.19. The van der Waals surface area contributed by atoms with Gasteiger partial charge in [0.25, 0.3) is 5.56 Å². The van der Waals surface area contributed by atoms with Gasteiger partial charge < -0.3 is 14.4 Å². The van der Waals surface area contributed by atoms with E-state index in [1.54, 1.807) is 55.3 Å². The minimum Gasteiger partial charge on any atom is -0.493 e. The van der Waals surface area contributed by atoms with Gasteiger partial charge in [0.1, 0.15) is 6.04 Å². The van der Waals surface area contributed by atoms with Crippen molar-refractivity contribution < 1.29 is 14.3 Å². The zero-order valence-electron chi connectivity index (χ0n) is 17.1. The molecule has 0 spiro atoms. The molecule has 4 rings (SSSR count). The van der Waals surface area contributed by atoms with Crippen molar-refractivity contribution in [3.8, 4) is 17.3 Å². The lowest BCUT2D eigenvalue weighted by molar-refractivity contribution is -0.135. The number of aromatic nitrogens is 4. The zero-order chi connectivity index (χ0) is 21.3. The van der Waals surface area contributed by atoms with E-state index in [0.717, 1.165) is 11.1 Å². The summed E-state index contributed by atoms with van der Waals surface area (Å²) >= 11 is 0. The lowest BCUT2D eigenvalue weighted by Gasteiger charge is -2.31. The van der Waals surface area contributed by atoms with Crippen molar-refractivity contribution in [1.82, 2.24) is 24.5 Å². The predicted molar refractivity (Wildman–Crippen MR) is 109 cm³/mol. The molecule has 0 saturated carbocycles. The number of methoxy groups -OCH3 is 2. The monoisotopic (exact) mass is 409 g/mol. The summed E-state index contributed by atoms with van der Waals surface area (Å²) in [5.41, 5.74) is 1.79. The number of ether oxygens (including phenoxy) is 2. The van der Waals surface area contributed by atoms with Crippen molar-refractivity contribution in [2.24, 2.45) is 0 Å². The summed E-state index contributed by atoms with van der Waals surface area (Å²) in [6, 6.07) is 7.87. The van der Waals surface area contributed by atoms with E-state index in [0.29, 0.717) is 36.8 Å². The Balaban J connectivity index is 1.58. The smallest absolute Gasteiger partial charge is 0.267 e. The van der Waals surface area contributed by atoms with Crippen molar-refractivity contribution >= 4 is 5.91 Å². The normalized spacial score (nSPS) is 14.2. The van der Waals surface area contributed by atoms with Crippen LogP contribution in [0.2, 0.25) is 0 Å². The Hall–Kier alpha value is -3.62. The Morgan fingerprint density at radius 1 is 1.13 bits per heavy atom. The molecule has 156 valence electrons. The largest absolute Gasteiger partial charge is 0.493 e. The van der Waals surface area contributed by atoms with Crippen LogP contribution >= 0.6 is 0 Å². The van der Waals surface area contributed by atoms with E-state index in [-0.39, 0.29) is 11.5 Å². The first-order valence-electron chi connectivity index (χ1n) is 9.64. The van der Waals surface area contributed by atoms with Gasteiger partial charge in [-0.15, -0.1) is 5.10 Å². The first kappa shape index (κ1) is 19.7. The second kappa shape index (κ2) is 8.02. The fourth-order valence-electron chi connectivity index (χ4n) is 3.66. The van der Waals surface area contributed by atoms with Crippen LogP contribution in [0, 0.1) is 0 Å². The number of benzene rings is 1. The molecule has 3 aromatic rings. The highest BCUT2D eigenvalue weighted by molar-refractivity contribution is 5.80. The van der Waals surface area contributed by atoms with Crippen LogP contribution in [0.3, 0.4) is 0 Å². The number of rotatable bonds is 5. The highest BCUT2D eigenvalue weighted by Crippen LogP contribution is 2.33. The van der Waals surface area contributed by atoms with Gasteiger partial charge in [-0.05, 0) is 48.7 Å². The molecule has 0 saturated heterocycles. The summed E-state index contributed by atoms with van der Waals surface area (Å²) in [6.45, 7) is 2.68. The number of hydrogen-bond donors (Lipinski definition) is 0. The van der Waals surface area contributed by atoms with Crippen LogP contribution in [0.5, 0.6) is 11.5 Å². The molecule has 9 nitrogen and oxygen atoms in total. The maximum absolute atomic E-state index is 13.2. The van der Waals surface area contributed by atoms with Crippen LogP contribution in [0.4, 0.5) is 0 Å². The summed E-state index contributed by atoms with van der Waals surface area (Å²) in [5.74, 6) is 1.61. The van der Waals surface area contributed by atoms with E-state index in [1.807, 2.05) is 12.1 Å². The Morgan fingerprint density at radius 3 is 2.53 bits per heavy atom. The van der Waals surface area contributed by atoms with E-state index in [1.165, 1.54) is 10.7 Å². The molecule has 1 aliphatic heterocycles. The number of nitrogens with zero attached hydrogens (tertiary/aromatic N) is 5. The molecule has 0 fully saturated rings. The Bertz CT molecular complexity index is 1120. The molecule has 1 aromatic carbocycles. The quantitative estimate of drug-likeness (QED) is 0.636. The highest BCUT2D eigenvalue weighted by Gasteiger charge is 2.28. The van der Waals surface area contributed by atoms with Crippen LogP contribution in [0.1, 0.15) is 24.1 Å². The first-order chi connectivity index (χ1) is 14.5. The first-order valence-corrected chi connectivity index (χ1v) is 9.64. The molecule has 9 heteroatoms.